The zero-order valence-electron chi connectivity index (χ0n) is 19.6. The maximum atomic E-state index is 13.0. The molecule has 186 valence electrons. The Hall–Kier alpha value is -2.75. The van der Waals surface area contributed by atoms with Crippen molar-refractivity contribution in [2.45, 2.75) is 51.9 Å². The molecule has 0 amide bonds. The molecule has 1 unspecified atom stereocenters. The highest BCUT2D eigenvalue weighted by atomic mass is 32.1. The highest BCUT2D eigenvalue weighted by molar-refractivity contribution is 7.15. The number of aryl methyl sites for hydroxylation is 1. The first-order valence-corrected chi connectivity index (χ1v) is 12.2. The first-order chi connectivity index (χ1) is 16.8. The minimum Gasteiger partial charge on any atom is -0.488 e. The summed E-state index contributed by atoms with van der Waals surface area (Å²) in [5, 5.41) is 0.617. The Balaban J connectivity index is 1.53. The van der Waals surface area contributed by atoms with Gasteiger partial charge in [0.15, 0.2) is 6.29 Å². The Labute approximate surface area is 206 Å². The molecule has 3 aromatic rings. The molecule has 0 radical (unpaired) electrons. The number of halogens is 3. The van der Waals surface area contributed by atoms with Crippen LogP contribution in [0.25, 0.3) is 10.6 Å². The van der Waals surface area contributed by atoms with Crippen molar-refractivity contribution in [3.05, 3.63) is 69.7 Å². The molecular weight excluding hydrogens is 477 g/mol. The zero-order valence-corrected chi connectivity index (χ0v) is 20.4. The van der Waals surface area contributed by atoms with Crippen molar-refractivity contribution < 1.29 is 27.4 Å². The Morgan fingerprint density at radius 3 is 2.60 bits per heavy atom. The molecule has 1 aliphatic rings. The van der Waals surface area contributed by atoms with Crippen molar-refractivity contribution in [3.63, 3.8) is 0 Å². The standard InChI is InChI=1S/C26H27F3N2O3S/c1-17-13-21(11-8-19(17)14-30-2)33-16-23-22(15-34-24-5-3-4-12-32-24)31-25(35-23)18-6-9-20(10-7-18)26(27,28)29/h6-11,13-14,24H,3-5,12,15-16H2,1-2H3. The van der Waals surface area contributed by atoms with Crippen LogP contribution in [-0.4, -0.2) is 31.1 Å². The summed E-state index contributed by atoms with van der Waals surface area (Å²) < 4.78 is 56.5. The maximum absolute atomic E-state index is 13.0. The van der Waals surface area contributed by atoms with Crippen LogP contribution >= 0.6 is 11.3 Å². The number of aromatic nitrogens is 1. The van der Waals surface area contributed by atoms with Crippen LogP contribution in [0.1, 0.15) is 46.5 Å². The highest BCUT2D eigenvalue weighted by Gasteiger charge is 2.30. The van der Waals surface area contributed by atoms with Gasteiger partial charge in [0, 0.05) is 25.4 Å². The molecular formula is C26H27F3N2O3S. The first-order valence-electron chi connectivity index (χ1n) is 11.4. The van der Waals surface area contributed by atoms with E-state index in [9.17, 15) is 13.2 Å². The normalized spacial score (nSPS) is 16.7. The lowest BCUT2D eigenvalue weighted by Gasteiger charge is -2.22. The van der Waals surface area contributed by atoms with E-state index in [0.717, 1.165) is 47.4 Å². The molecule has 0 aliphatic carbocycles. The number of hydrogen-bond acceptors (Lipinski definition) is 6. The summed E-state index contributed by atoms with van der Waals surface area (Å²) in [7, 11) is 1.73. The molecule has 0 bridgehead atoms. The molecule has 35 heavy (non-hydrogen) atoms. The number of thiazole rings is 1. The number of aliphatic imine (C=N–C) groups is 1. The fourth-order valence-corrected chi connectivity index (χ4v) is 4.70. The van der Waals surface area contributed by atoms with E-state index in [0.29, 0.717) is 28.6 Å². The van der Waals surface area contributed by atoms with Crippen LogP contribution in [0.2, 0.25) is 0 Å². The van der Waals surface area contributed by atoms with Crippen molar-refractivity contribution in [2.24, 2.45) is 4.99 Å². The van der Waals surface area contributed by atoms with Gasteiger partial charge in [0.1, 0.15) is 17.4 Å². The van der Waals surface area contributed by atoms with Crippen LogP contribution in [0, 0.1) is 6.92 Å². The molecule has 0 N–H and O–H groups in total. The number of benzene rings is 2. The Kier molecular flexibility index (Phi) is 8.20. The van der Waals surface area contributed by atoms with Gasteiger partial charge in [-0.25, -0.2) is 4.98 Å². The third kappa shape index (κ3) is 6.68. The van der Waals surface area contributed by atoms with Gasteiger partial charge in [-0.05, 0) is 67.6 Å². The van der Waals surface area contributed by atoms with Gasteiger partial charge in [-0.15, -0.1) is 11.3 Å². The summed E-state index contributed by atoms with van der Waals surface area (Å²) in [6, 6.07) is 10.8. The van der Waals surface area contributed by atoms with Crippen molar-refractivity contribution in [2.75, 3.05) is 13.7 Å². The van der Waals surface area contributed by atoms with E-state index >= 15 is 0 Å². The number of hydrogen-bond donors (Lipinski definition) is 0. The van der Waals surface area contributed by atoms with Gasteiger partial charge in [-0.2, -0.15) is 13.2 Å². The quantitative estimate of drug-likeness (QED) is 0.316. The molecule has 1 saturated heterocycles. The van der Waals surface area contributed by atoms with Crippen LogP contribution < -0.4 is 4.74 Å². The fraction of sp³-hybridized carbons (Fsp3) is 0.385. The average Bonchev–Trinajstić information content (AvgIpc) is 3.26. The Morgan fingerprint density at radius 2 is 1.94 bits per heavy atom. The minimum absolute atomic E-state index is 0.241. The zero-order chi connectivity index (χ0) is 24.8. The molecule has 9 heteroatoms. The number of rotatable bonds is 8. The van der Waals surface area contributed by atoms with Crippen molar-refractivity contribution in [1.29, 1.82) is 0 Å². The molecule has 5 nitrogen and oxygen atoms in total. The second-order valence-electron chi connectivity index (χ2n) is 8.27. The summed E-state index contributed by atoms with van der Waals surface area (Å²) in [5.74, 6) is 0.711. The molecule has 1 aromatic heterocycles. The third-order valence-electron chi connectivity index (χ3n) is 5.66. The lowest BCUT2D eigenvalue weighted by atomic mass is 10.1. The second-order valence-corrected chi connectivity index (χ2v) is 9.35. The van der Waals surface area contributed by atoms with Crippen LogP contribution in [-0.2, 0) is 28.9 Å². The number of alkyl halides is 3. The molecule has 1 fully saturated rings. The Bertz CT molecular complexity index is 1150. The molecule has 0 spiro atoms. The average molecular weight is 505 g/mol. The van der Waals surface area contributed by atoms with Crippen LogP contribution in [0.15, 0.2) is 47.5 Å². The highest BCUT2D eigenvalue weighted by Crippen LogP contribution is 2.34. The topological polar surface area (TPSA) is 52.9 Å². The summed E-state index contributed by atoms with van der Waals surface area (Å²) >= 11 is 1.39. The SMILES string of the molecule is CN=Cc1ccc(OCc2sc(-c3ccc(C(F)(F)F)cc3)nc2COC2CCCCO2)cc1C. The molecule has 2 aromatic carbocycles. The van der Waals surface area contributed by atoms with Gasteiger partial charge < -0.3 is 14.2 Å². The summed E-state index contributed by atoms with van der Waals surface area (Å²) in [6.07, 6.45) is 0.0401. The van der Waals surface area contributed by atoms with Crippen LogP contribution in [0.3, 0.4) is 0 Å². The van der Waals surface area contributed by atoms with E-state index in [1.54, 1.807) is 13.3 Å². The summed E-state index contributed by atoms with van der Waals surface area (Å²) in [4.78, 5) is 9.59. The summed E-state index contributed by atoms with van der Waals surface area (Å²) in [5.41, 5.74) is 2.69. The van der Waals surface area contributed by atoms with Crippen molar-refractivity contribution in [1.82, 2.24) is 4.98 Å². The number of ether oxygens (including phenoxy) is 3. The van der Waals surface area contributed by atoms with E-state index in [2.05, 4.69) is 9.98 Å². The van der Waals surface area contributed by atoms with Gasteiger partial charge >= 0.3 is 6.18 Å². The van der Waals surface area contributed by atoms with E-state index in [1.165, 1.54) is 23.5 Å². The molecule has 0 saturated carbocycles. The predicted molar refractivity (Wildman–Crippen MR) is 130 cm³/mol. The van der Waals surface area contributed by atoms with E-state index < -0.39 is 11.7 Å². The monoisotopic (exact) mass is 504 g/mol. The van der Waals surface area contributed by atoms with Crippen LogP contribution in [0.4, 0.5) is 13.2 Å². The van der Waals surface area contributed by atoms with Crippen LogP contribution in [0.5, 0.6) is 5.75 Å². The summed E-state index contributed by atoms with van der Waals surface area (Å²) in [6.45, 7) is 3.17. The van der Waals surface area contributed by atoms with Gasteiger partial charge in [0.25, 0.3) is 0 Å². The minimum atomic E-state index is -4.38. The van der Waals surface area contributed by atoms with Crippen molar-refractivity contribution >= 4 is 17.6 Å². The van der Waals surface area contributed by atoms with Gasteiger partial charge in [0.2, 0.25) is 0 Å². The number of nitrogens with zero attached hydrogens (tertiary/aromatic N) is 2. The van der Waals surface area contributed by atoms with Gasteiger partial charge in [0.05, 0.1) is 22.7 Å². The first kappa shape index (κ1) is 25.3. The fourth-order valence-electron chi connectivity index (χ4n) is 3.72. The molecule has 2 heterocycles. The molecule has 1 atom stereocenters. The smallest absolute Gasteiger partial charge is 0.416 e. The lowest BCUT2D eigenvalue weighted by molar-refractivity contribution is -0.169. The van der Waals surface area contributed by atoms with Crippen molar-refractivity contribution in [3.8, 4) is 16.3 Å². The second kappa shape index (κ2) is 11.3. The predicted octanol–water partition coefficient (Wildman–Crippen LogP) is 6.81. The van der Waals surface area contributed by atoms with E-state index in [1.807, 2.05) is 25.1 Å². The molecule has 4 rings (SSSR count). The Morgan fingerprint density at radius 1 is 1.14 bits per heavy atom. The largest absolute Gasteiger partial charge is 0.488 e. The van der Waals surface area contributed by atoms with E-state index in [4.69, 9.17) is 14.2 Å². The van der Waals surface area contributed by atoms with Gasteiger partial charge in [-0.1, -0.05) is 12.1 Å². The third-order valence-corrected chi connectivity index (χ3v) is 6.78. The van der Waals surface area contributed by atoms with Gasteiger partial charge in [-0.3, -0.25) is 4.99 Å². The maximum Gasteiger partial charge on any atom is 0.416 e. The molecule has 1 aliphatic heterocycles. The van der Waals surface area contributed by atoms with E-state index in [-0.39, 0.29) is 19.5 Å². The lowest BCUT2D eigenvalue weighted by Crippen LogP contribution is -2.22.